The molecule has 0 atom stereocenters. The minimum atomic E-state index is -5.39. The first-order valence-electron chi connectivity index (χ1n) is 6.91. The topological polar surface area (TPSA) is 72.5 Å². The zero-order valence-electron chi connectivity index (χ0n) is 12.5. The molecular formula is C14H18F3NO4S. The monoisotopic (exact) mass is 353 g/mol. The number of benzene rings is 1. The predicted octanol–water partition coefficient (Wildman–Crippen LogP) is 3.13. The molecule has 5 nitrogen and oxygen atoms in total. The number of alkyl halides is 3. The summed E-state index contributed by atoms with van der Waals surface area (Å²) in [5.74, 6) is -0.320. The number of carbonyl (C=O) groups is 1. The Kier molecular flexibility index (Phi) is 6.86. The number of para-hydroxylation sites is 1. The van der Waals surface area contributed by atoms with Gasteiger partial charge in [-0.05, 0) is 25.0 Å². The number of hydrogen-bond acceptors (Lipinski definition) is 5. The second-order valence-corrected chi connectivity index (χ2v) is 6.67. The van der Waals surface area contributed by atoms with Crippen LogP contribution in [-0.2, 0) is 19.4 Å². The first-order valence-corrected chi connectivity index (χ1v) is 8.39. The molecule has 0 aliphatic heterocycles. The van der Waals surface area contributed by atoms with Crippen LogP contribution in [0.5, 0.6) is 0 Å². The maximum atomic E-state index is 12.6. The van der Waals surface area contributed by atoms with E-state index in [-0.39, 0.29) is 18.1 Å². The second kappa shape index (κ2) is 8.19. The molecule has 0 aliphatic carbocycles. The van der Waals surface area contributed by atoms with Crippen LogP contribution < -0.4 is 5.32 Å². The van der Waals surface area contributed by atoms with Crippen molar-refractivity contribution in [3.8, 4) is 0 Å². The minimum absolute atomic E-state index is 0.0854. The van der Waals surface area contributed by atoms with Gasteiger partial charge in [0.05, 0.1) is 17.7 Å². The van der Waals surface area contributed by atoms with Gasteiger partial charge in [0.2, 0.25) is 0 Å². The summed E-state index contributed by atoms with van der Waals surface area (Å²) in [4.78, 5) is 10.1. The molecule has 0 radical (unpaired) electrons. The van der Waals surface area contributed by atoms with Crippen molar-refractivity contribution >= 4 is 21.5 Å². The summed E-state index contributed by atoms with van der Waals surface area (Å²) < 4.78 is 65.4. The van der Waals surface area contributed by atoms with Gasteiger partial charge in [0.25, 0.3) is 9.84 Å². The van der Waals surface area contributed by atoms with Crippen molar-refractivity contribution in [2.24, 2.45) is 0 Å². The van der Waals surface area contributed by atoms with Crippen molar-refractivity contribution < 1.29 is 31.1 Å². The molecule has 0 saturated heterocycles. The highest BCUT2D eigenvalue weighted by Crippen LogP contribution is 2.34. The van der Waals surface area contributed by atoms with Crippen LogP contribution in [0.1, 0.15) is 25.7 Å². The summed E-state index contributed by atoms with van der Waals surface area (Å²) in [5, 5.41) is 2.70. The SMILES string of the molecule is COC(=O)CCCCCNc1ccccc1S(=O)(=O)C(F)(F)F. The van der Waals surface area contributed by atoms with E-state index in [2.05, 4.69) is 10.1 Å². The van der Waals surface area contributed by atoms with E-state index in [1.54, 1.807) is 0 Å². The van der Waals surface area contributed by atoms with Gasteiger partial charge in [-0.3, -0.25) is 4.79 Å². The Morgan fingerprint density at radius 1 is 1.17 bits per heavy atom. The second-order valence-electron chi connectivity index (χ2n) is 4.76. The lowest BCUT2D eigenvalue weighted by Gasteiger charge is -2.14. The van der Waals surface area contributed by atoms with E-state index in [0.29, 0.717) is 25.8 Å². The Labute approximate surface area is 132 Å². The van der Waals surface area contributed by atoms with Crippen molar-refractivity contribution in [2.75, 3.05) is 19.0 Å². The molecule has 1 rings (SSSR count). The molecule has 0 bridgehead atoms. The smallest absolute Gasteiger partial charge is 0.469 e. The van der Waals surface area contributed by atoms with Crippen molar-refractivity contribution in [1.82, 2.24) is 0 Å². The van der Waals surface area contributed by atoms with Crippen molar-refractivity contribution in [1.29, 1.82) is 0 Å². The quantitative estimate of drug-likeness (QED) is 0.574. The standard InChI is InChI=1S/C14H18F3NO4S/c1-22-13(19)9-3-2-6-10-18-11-7-4-5-8-12(11)23(20,21)14(15,16)17/h4-5,7-8,18H,2-3,6,9-10H2,1H3. The number of methoxy groups -OCH3 is 1. The summed E-state index contributed by atoms with van der Waals surface area (Å²) in [6, 6.07) is 4.89. The summed E-state index contributed by atoms with van der Waals surface area (Å²) in [6.07, 6.45) is 2.11. The van der Waals surface area contributed by atoms with Gasteiger partial charge in [0.1, 0.15) is 0 Å². The molecule has 1 aromatic carbocycles. The van der Waals surface area contributed by atoms with Crippen LogP contribution in [0, 0.1) is 0 Å². The van der Waals surface area contributed by atoms with E-state index in [9.17, 15) is 26.4 Å². The molecule has 0 amide bonds. The van der Waals surface area contributed by atoms with Crippen LogP contribution in [0.4, 0.5) is 18.9 Å². The number of esters is 1. The van der Waals surface area contributed by atoms with Gasteiger partial charge in [-0.15, -0.1) is 0 Å². The summed E-state index contributed by atoms with van der Waals surface area (Å²) in [5.41, 5.74) is -5.43. The fourth-order valence-corrected chi connectivity index (χ4v) is 2.80. The van der Waals surface area contributed by atoms with Gasteiger partial charge < -0.3 is 10.1 Å². The Morgan fingerprint density at radius 2 is 1.83 bits per heavy atom. The molecule has 0 aliphatic rings. The van der Waals surface area contributed by atoms with Gasteiger partial charge in [-0.1, -0.05) is 18.6 Å². The molecule has 0 fully saturated rings. The van der Waals surface area contributed by atoms with Crippen LogP contribution in [0.15, 0.2) is 29.2 Å². The van der Waals surface area contributed by atoms with Crippen LogP contribution in [0.3, 0.4) is 0 Å². The van der Waals surface area contributed by atoms with Crippen molar-refractivity contribution in [3.05, 3.63) is 24.3 Å². The van der Waals surface area contributed by atoms with E-state index in [1.165, 1.54) is 25.3 Å². The number of carbonyl (C=O) groups excluding carboxylic acids is 1. The molecular weight excluding hydrogens is 335 g/mol. The maximum Gasteiger partial charge on any atom is 0.501 e. The molecule has 0 aromatic heterocycles. The van der Waals surface area contributed by atoms with E-state index in [1.807, 2.05) is 0 Å². The molecule has 1 N–H and O–H groups in total. The first-order chi connectivity index (χ1) is 10.7. The third-order valence-corrected chi connectivity index (χ3v) is 4.63. The number of rotatable bonds is 8. The highest BCUT2D eigenvalue weighted by molar-refractivity contribution is 7.92. The third kappa shape index (κ3) is 5.42. The lowest BCUT2D eigenvalue weighted by atomic mass is 10.2. The number of anilines is 1. The Bertz CT molecular complexity index is 629. The van der Waals surface area contributed by atoms with Crippen LogP contribution in [-0.4, -0.2) is 33.5 Å². The zero-order valence-corrected chi connectivity index (χ0v) is 13.3. The van der Waals surface area contributed by atoms with E-state index >= 15 is 0 Å². The molecule has 0 saturated carbocycles. The third-order valence-electron chi connectivity index (χ3n) is 3.08. The number of halogens is 3. The van der Waals surface area contributed by atoms with Crippen LogP contribution in [0.2, 0.25) is 0 Å². The van der Waals surface area contributed by atoms with Gasteiger partial charge in [0.15, 0.2) is 0 Å². The highest BCUT2D eigenvalue weighted by atomic mass is 32.2. The number of nitrogens with one attached hydrogen (secondary N) is 1. The fraction of sp³-hybridized carbons (Fsp3) is 0.500. The Hall–Kier alpha value is -1.77. The summed E-state index contributed by atoms with van der Waals surface area (Å²) in [6.45, 7) is 0.297. The minimum Gasteiger partial charge on any atom is -0.469 e. The average molecular weight is 353 g/mol. The van der Waals surface area contributed by atoms with Gasteiger partial charge in [0, 0.05) is 13.0 Å². The molecule has 1 aromatic rings. The maximum absolute atomic E-state index is 12.6. The summed E-state index contributed by atoms with van der Waals surface area (Å²) >= 11 is 0. The lowest BCUT2D eigenvalue weighted by Crippen LogP contribution is -2.24. The number of hydrogen-bond donors (Lipinski definition) is 1. The molecule has 23 heavy (non-hydrogen) atoms. The zero-order chi connectivity index (χ0) is 17.5. The first kappa shape index (κ1) is 19.3. The van der Waals surface area contributed by atoms with E-state index in [0.717, 1.165) is 6.07 Å². The Morgan fingerprint density at radius 3 is 2.43 bits per heavy atom. The number of ether oxygens (including phenoxy) is 1. The van der Waals surface area contributed by atoms with Crippen LogP contribution >= 0.6 is 0 Å². The normalized spacial score (nSPS) is 12.0. The molecule has 0 spiro atoms. The van der Waals surface area contributed by atoms with Gasteiger partial charge in [-0.25, -0.2) is 8.42 Å². The van der Waals surface area contributed by atoms with E-state index < -0.39 is 20.2 Å². The molecule has 130 valence electrons. The van der Waals surface area contributed by atoms with E-state index in [4.69, 9.17) is 0 Å². The largest absolute Gasteiger partial charge is 0.501 e. The number of unbranched alkanes of at least 4 members (excludes halogenated alkanes) is 2. The highest BCUT2D eigenvalue weighted by Gasteiger charge is 2.47. The average Bonchev–Trinajstić information content (AvgIpc) is 2.49. The van der Waals surface area contributed by atoms with Gasteiger partial charge in [-0.2, -0.15) is 13.2 Å². The summed E-state index contributed by atoms with van der Waals surface area (Å²) in [7, 11) is -4.10. The Balaban J connectivity index is 2.61. The van der Waals surface area contributed by atoms with Crippen molar-refractivity contribution in [2.45, 2.75) is 36.1 Å². The fourth-order valence-electron chi connectivity index (χ4n) is 1.87. The van der Waals surface area contributed by atoms with Crippen LogP contribution in [0.25, 0.3) is 0 Å². The van der Waals surface area contributed by atoms with Gasteiger partial charge >= 0.3 is 11.5 Å². The lowest BCUT2D eigenvalue weighted by molar-refractivity contribution is -0.140. The molecule has 9 heteroatoms. The number of sulfone groups is 1. The molecule has 0 heterocycles. The van der Waals surface area contributed by atoms with Crippen molar-refractivity contribution in [3.63, 3.8) is 0 Å². The predicted molar refractivity (Wildman–Crippen MR) is 78.7 cm³/mol. The molecule has 0 unspecified atom stereocenters.